The standard InChI is InChI=1S/C15H20ClNO2/c1-3-14(18)11-6-8-17(9-7-11)12-4-5-13(16)15(10-12)19-2/h4-5,10-11H,3,6-9H2,1-2H3. The highest BCUT2D eigenvalue weighted by atomic mass is 35.5. The summed E-state index contributed by atoms with van der Waals surface area (Å²) in [6.07, 6.45) is 2.54. The van der Waals surface area contributed by atoms with E-state index in [4.69, 9.17) is 16.3 Å². The SMILES string of the molecule is CCC(=O)C1CCN(c2ccc(Cl)c(OC)c2)CC1. The third kappa shape index (κ3) is 3.21. The lowest BCUT2D eigenvalue weighted by molar-refractivity contribution is -0.123. The third-order valence-corrected chi connectivity index (χ3v) is 4.11. The smallest absolute Gasteiger partial charge is 0.139 e. The van der Waals surface area contributed by atoms with E-state index in [-0.39, 0.29) is 5.92 Å². The second-order valence-corrected chi connectivity index (χ2v) is 5.31. The fourth-order valence-electron chi connectivity index (χ4n) is 2.59. The summed E-state index contributed by atoms with van der Waals surface area (Å²) in [5.74, 6) is 1.34. The Balaban J connectivity index is 2.03. The van der Waals surface area contributed by atoms with E-state index < -0.39 is 0 Å². The summed E-state index contributed by atoms with van der Waals surface area (Å²) in [7, 11) is 1.62. The normalized spacial score (nSPS) is 16.5. The maximum atomic E-state index is 11.7. The summed E-state index contributed by atoms with van der Waals surface area (Å²) in [4.78, 5) is 14.0. The molecule has 3 nitrogen and oxygen atoms in total. The molecule has 1 aliphatic rings. The number of hydrogen-bond donors (Lipinski definition) is 0. The van der Waals surface area contributed by atoms with Crippen LogP contribution in [-0.4, -0.2) is 26.0 Å². The van der Waals surface area contributed by atoms with E-state index in [1.165, 1.54) is 0 Å². The Morgan fingerprint density at radius 3 is 2.68 bits per heavy atom. The van der Waals surface area contributed by atoms with Crippen LogP contribution in [0.25, 0.3) is 0 Å². The van der Waals surface area contributed by atoms with Crippen LogP contribution < -0.4 is 9.64 Å². The van der Waals surface area contributed by atoms with Crippen molar-refractivity contribution >= 4 is 23.1 Å². The van der Waals surface area contributed by atoms with Crippen molar-refractivity contribution in [3.05, 3.63) is 23.2 Å². The number of methoxy groups -OCH3 is 1. The molecule has 1 heterocycles. The van der Waals surface area contributed by atoms with Gasteiger partial charge in [-0.05, 0) is 25.0 Å². The Hall–Kier alpha value is -1.22. The lowest BCUT2D eigenvalue weighted by Gasteiger charge is -2.33. The first-order valence-corrected chi connectivity index (χ1v) is 7.14. The van der Waals surface area contributed by atoms with Gasteiger partial charge in [0.15, 0.2) is 0 Å². The average Bonchev–Trinajstić information content (AvgIpc) is 2.47. The molecule has 0 N–H and O–H groups in total. The van der Waals surface area contributed by atoms with Crippen LogP contribution in [0.5, 0.6) is 5.75 Å². The van der Waals surface area contributed by atoms with Gasteiger partial charge in [-0.25, -0.2) is 0 Å². The predicted octanol–water partition coefficient (Wildman–Crippen LogP) is 3.54. The number of hydrogen-bond acceptors (Lipinski definition) is 3. The Morgan fingerprint density at radius 1 is 1.42 bits per heavy atom. The van der Waals surface area contributed by atoms with Crippen molar-refractivity contribution in [2.45, 2.75) is 26.2 Å². The maximum absolute atomic E-state index is 11.7. The average molecular weight is 282 g/mol. The van der Waals surface area contributed by atoms with Crippen LogP contribution in [0.1, 0.15) is 26.2 Å². The van der Waals surface area contributed by atoms with Crippen LogP contribution in [-0.2, 0) is 4.79 Å². The Kier molecular flexibility index (Phi) is 4.70. The number of nitrogens with zero attached hydrogens (tertiary/aromatic N) is 1. The second kappa shape index (κ2) is 6.29. The molecule has 0 aliphatic carbocycles. The number of rotatable bonds is 4. The molecule has 0 bridgehead atoms. The fourth-order valence-corrected chi connectivity index (χ4v) is 2.79. The van der Waals surface area contributed by atoms with Crippen LogP contribution >= 0.6 is 11.6 Å². The monoisotopic (exact) mass is 281 g/mol. The first-order chi connectivity index (χ1) is 9.15. The zero-order valence-corrected chi connectivity index (χ0v) is 12.2. The van der Waals surface area contributed by atoms with Gasteiger partial charge in [0, 0.05) is 37.2 Å². The zero-order chi connectivity index (χ0) is 13.8. The predicted molar refractivity (Wildman–Crippen MR) is 78.2 cm³/mol. The molecular weight excluding hydrogens is 262 g/mol. The quantitative estimate of drug-likeness (QED) is 0.845. The minimum Gasteiger partial charge on any atom is -0.495 e. The van der Waals surface area contributed by atoms with Crippen molar-refractivity contribution in [3.8, 4) is 5.75 Å². The van der Waals surface area contributed by atoms with Crippen molar-refractivity contribution in [2.24, 2.45) is 5.92 Å². The first kappa shape index (κ1) is 14.2. The highest BCUT2D eigenvalue weighted by Crippen LogP contribution is 2.31. The Bertz CT molecular complexity index is 453. The Morgan fingerprint density at radius 2 is 2.11 bits per heavy atom. The zero-order valence-electron chi connectivity index (χ0n) is 11.5. The molecule has 2 rings (SSSR count). The lowest BCUT2D eigenvalue weighted by Crippen LogP contribution is -2.36. The summed E-state index contributed by atoms with van der Waals surface area (Å²) < 4.78 is 5.24. The number of carbonyl (C=O) groups excluding carboxylic acids is 1. The molecule has 4 heteroatoms. The summed E-state index contributed by atoms with van der Waals surface area (Å²) in [5, 5.41) is 0.627. The number of halogens is 1. The van der Waals surface area contributed by atoms with Gasteiger partial charge in [0.1, 0.15) is 11.5 Å². The van der Waals surface area contributed by atoms with Gasteiger partial charge in [-0.15, -0.1) is 0 Å². The largest absolute Gasteiger partial charge is 0.495 e. The number of Topliss-reactive ketones (excluding diaryl/α,β-unsaturated/α-hetero) is 1. The molecule has 0 amide bonds. The summed E-state index contributed by atoms with van der Waals surface area (Å²) in [5.41, 5.74) is 1.11. The summed E-state index contributed by atoms with van der Waals surface area (Å²) in [6.45, 7) is 3.78. The van der Waals surface area contributed by atoms with Gasteiger partial charge < -0.3 is 9.64 Å². The van der Waals surface area contributed by atoms with Gasteiger partial charge in [-0.3, -0.25) is 4.79 Å². The molecule has 1 fully saturated rings. The molecule has 19 heavy (non-hydrogen) atoms. The number of ketones is 1. The van der Waals surface area contributed by atoms with E-state index in [1.54, 1.807) is 7.11 Å². The minimum atomic E-state index is 0.246. The third-order valence-electron chi connectivity index (χ3n) is 3.80. The molecule has 1 aromatic carbocycles. The molecule has 0 atom stereocenters. The number of piperidine rings is 1. The molecule has 0 saturated carbocycles. The fraction of sp³-hybridized carbons (Fsp3) is 0.533. The van der Waals surface area contributed by atoms with Gasteiger partial charge in [0.2, 0.25) is 0 Å². The van der Waals surface area contributed by atoms with E-state index in [9.17, 15) is 4.79 Å². The summed E-state index contributed by atoms with van der Waals surface area (Å²) in [6, 6.07) is 5.83. The Labute approximate surface area is 119 Å². The maximum Gasteiger partial charge on any atom is 0.139 e. The van der Waals surface area contributed by atoms with Crippen molar-refractivity contribution in [1.29, 1.82) is 0 Å². The molecule has 0 unspecified atom stereocenters. The highest BCUT2D eigenvalue weighted by molar-refractivity contribution is 6.32. The van der Waals surface area contributed by atoms with E-state index in [1.807, 2.05) is 25.1 Å². The molecule has 1 aromatic rings. The summed E-state index contributed by atoms with van der Waals surface area (Å²) >= 11 is 6.03. The van der Waals surface area contributed by atoms with E-state index >= 15 is 0 Å². The second-order valence-electron chi connectivity index (χ2n) is 4.90. The molecule has 0 radical (unpaired) electrons. The van der Waals surface area contributed by atoms with E-state index in [0.717, 1.165) is 31.6 Å². The van der Waals surface area contributed by atoms with E-state index in [2.05, 4.69) is 4.90 Å². The first-order valence-electron chi connectivity index (χ1n) is 6.77. The van der Waals surface area contributed by atoms with Crippen molar-refractivity contribution in [3.63, 3.8) is 0 Å². The van der Waals surface area contributed by atoms with E-state index in [0.29, 0.717) is 23.0 Å². The van der Waals surface area contributed by atoms with Crippen LogP contribution in [0.2, 0.25) is 5.02 Å². The van der Waals surface area contributed by atoms with Crippen molar-refractivity contribution in [2.75, 3.05) is 25.1 Å². The van der Waals surface area contributed by atoms with Crippen molar-refractivity contribution in [1.82, 2.24) is 0 Å². The van der Waals surface area contributed by atoms with Gasteiger partial charge >= 0.3 is 0 Å². The van der Waals surface area contributed by atoms with Crippen molar-refractivity contribution < 1.29 is 9.53 Å². The van der Waals surface area contributed by atoms with Gasteiger partial charge in [-0.1, -0.05) is 18.5 Å². The topological polar surface area (TPSA) is 29.5 Å². The van der Waals surface area contributed by atoms with Crippen LogP contribution in [0.4, 0.5) is 5.69 Å². The van der Waals surface area contributed by atoms with Gasteiger partial charge in [0.05, 0.1) is 12.1 Å². The van der Waals surface area contributed by atoms with Crippen LogP contribution in [0.15, 0.2) is 18.2 Å². The number of anilines is 1. The van der Waals surface area contributed by atoms with Crippen LogP contribution in [0, 0.1) is 5.92 Å². The molecule has 104 valence electrons. The van der Waals surface area contributed by atoms with Crippen LogP contribution in [0.3, 0.4) is 0 Å². The molecule has 0 spiro atoms. The number of benzene rings is 1. The van der Waals surface area contributed by atoms with Gasteiger partial charge in [-0.2, -0.15) is 0 Å². The number of ether oxygens (including phenoxy) is 1. The molecule has 0 aromatic heterocycles. The molecule has 1 aliphatic heterocycles. The molecular formula is C15H20ClNO2. The molecule has 1 saturated heterocycles. The highest BCUT2D eigenvalue weighted by Gasteiger charge is 2.24. The van der Waals surface area contributed by atoms with Gasteiger partial charge in [0.25, 0.3) is 0 Å². The lowest BCUT2D eigenvalue weighted by atomic mass is 9.91. The minimum absolute atomic E-state index is 0.246. The number of carbonyl (C=O) groups is 1.